The van der Waals surface area contributed by atoms with Crippen LogP contribution in [0.25, 0.3) is 0 Å². The number of hydrogen-bond acceptors (Lipinski definition) is 1. The van der Waals surface area contributed by atoms with Crippen molar-refractivity contribution in [3.8, 4) is 0 Å². The van der Waals surface area contributed by atoms with E-state index in [1.165, 1.54) is 12.8 Å². The lowest BCUT2D eigenvalue weighted by atomic mass is 10.1. The first-order valence-corrected chi connectivity index (χ1v) is 6.04. The Morgan fingerprint density at radius 3 is 2.44 bits per heavy atom. The maximum atomic E-state index is 12.3. The fraction of sp³-hybridized carbons (Fsp3) is 0.500. The molecule has 0 saturated heterocycles. The molecule has 86 valence electrons. The Balaban J connectivity index is 2.11. The zero-order valence-electron chi connectivity index (χ0n) is 10.0. The topological polar surface area (TPSA) is 20.3 Å². The Labute approximate surface area is 97.3 Å². The molecule has 0 atom stereocenters. The average Bonchev–Trinajstić information content (AvgIpc) is 3.10. The largest absolute Gasteiger partial charge is 0.335 e. The molecule has 16 heavy (non-hydrogen) atoms. The van der Waals surface area contributed by atoms with Gasteiger partial charge < -0.3 is 4.90 Å². The normalized spacial score (nSPS) is 15.2. The molecular weight excluding hydrogens is 198 g/mol. The zero-order chi connectivity index (χ0) is 11.5. The molecule has 1 aliphatic carbocycles. The van der Waals surface area contributed by atoms with Crippen molar-refractivity contribution in [1.82, 2.24) is 4.90 Å². The molecule has 1 aliphatic rings. The minimum Gasteiger partial charge on any atom is -0.335 e. The van der Waals surface area contributed by atoms with Gasteiger partial charge in [0.2, 0.25) is 0 Å². The molecule has 2 heteroatoms. The van der Waals surface area contributed by atoms with Gasteiger partial charge in [-0.15, -0.1) is 0 Å². The Morgan fingerprint density at radius 1 is 1.31 bits per heavy atom. The molecule has 1 saturated carbocycles. The molecule has 0 aromatic heterocycles. The summed E-state index contributed by atoms with van der Waals surface area (Å²) in [4.78, 5) is 14.3. The van der Waals surface area contributed by atoms with E-state index in [-0.39, 0.29) is 5.91 Å². The van der Waals surface area contributed by atoms with Crippen LogP contribution >= 0.6 is 0 Å². The second-order valence-corrected chi connectivity index (χ2v) is 4.95. The molecule has 2 nitrogen and oxygen atoms in total. The summed E-state index contributed by atoms with van der Waals surface area (Å²) in [5, 5.41) is 0. The van der Waals surface area contributed by atoms with Gasteiger partial charge in [0.1, 0.15) is 0 Å². The van der Waals surface area contributed by atoms with Crippen LogP contribution in [0.15, 0.2) is 30.3 Å². The van der Waals surface area contributed by atoms with E-state index in [0.29, 0.717) is 12.0 Å². The van der Waals surface area contributed by atoms with Crippen LogP contribution in [-0.2, 0) is 0 Å². The molecular formula is C14H19NO. The van der Waals surface area contributed by atoms with Gasteiger partial charge in [-0.25, -0.2) is 0 Å². The standard InChI is InChI=1S/C14H19NO/c1-11(2)10-15(13-8-9-13)14(16)12-6-4-3-5-7-12/h3-7,11,13H,8-10H2,1-2H3. The summed E-state index contributed by atoms with van der Waals surface area (Å²) in [7, 11) is 0. The third kappa shape index (κ3) is 2.63. The molecule has 1 amide bonds. The van der Waals surface area contributed by atoms with Crippen LogP contribution in [0, 0.1) is 5.92 Å². The lowest BCUT2D eigenvalue weighted by molar-refractivity contribution is 0.0722. The summed E-state index contributed by atoms with van der Waals surface area (Å²) >= 11 is 0. The monoisotopic (exact) mass is 217 g/mol. The quantitative estimate of drug-likeness (QED) is 0.759. The first-order valence-electron chi connectivity index (χ1n) is 6.04. The number of rotatable bonds is 4. The highest BCUT2D eigenvalue weighted by atomic mass is 16.2. The average molecular weight is 217 g/mol. The molecule has 1 fully saturated rings. The fourth-order valence-electron chi connectivity index (χ4n) is 1.92. The minimum absolute atomic E-state index is 0.191. The molecule has 2 rings (SSSR count). The molecule has 1 aromatic carbocycles. The first-order chi connectivity index (χ1) is 7.68. The van der Waals surface area contributed by atoms with E-state index in [4.69, 9.17) is 0 Å². The maximum absolute atomic E-state index is 12.3. The highest BCUT2D eigenvalue weighted by Crippen LogP contribution is 2.28. The molecule has 0 bridgehead atoms. The van der Waals surface area contributed by atoms with E-state index >= 15 is 0 Å². The van der Waals surface area contributed by atoms with Crippen molar-refractivity contribution >= 4 is 5.91 Å². The summed E-state index contributed by atoms with van der Waals surface area (Å²) in [5.41, 5.74) is 0.815. The van der Waals surface area contributed by atoms with E-state index in [2.05, 4.69) is 13.8 Å². The van der Waals surface area contributed by atoms with Crippen LogP contribution in [0.1, 0.15) is 37.0 Å². The number of carbonyl (C=O) groups is 1. The minimum atomic E-state index is 0.191. The third-order valence-corrected chi connectivity index (χ3v) is 2.83. The summed E-state index contributed by atoms with van der Waals surface area (Å²) < 4.78 is 0. The number of carbonyl (C=O) groups excluding carboxylic acids is 1. The first kappa shape index (κ1) is 11.2. The molecule has 0 unspecified atom stereocenters. The number of amides is 1. The molecule has 0 aliphatic heterocycles. The lowest BCUT2D eigenvalue weighted by Crippen LogP contribution is -2.36. The van der Waals surface area contributed by atoms with Gasteiger partial charge in [0.15, 0.2) is 0 Å². The van der Waals surface area contributed by atoms with E-state index in [9.17, 15) is 4.79 Å². The predicted octanol–water partition coefficient (Wildman–Crippen LogP) is 2.95. The van der Waals surface area contributed by atoms with E-state index in [1.54, 1.807) is 0 Å². The maximum Gasteiger partial charge on any atom is 0.254 e. The fourth-order valence-corrected chi connectivity index (χ4v) is 1.92. The van der Waals surface area contributed by atoms with Crippen molar-refractivity contribution in [2.75, 3.05) is 6.54 Å². The van der Waals surface area contributed by atoms with Gasteiger partial charge in [-0.3, -0.25) is 4.79 Å². The smallest absolute Gasteiger partial charge is 0.254 e. The Hall–Kier alpha value is -1.31. The summed E-state index contributed by atoms with van der Waals surface area (Å²) in [6.07, 6.45) is 2.34. The molecule has 0 spiro atoms. The van der Waals surface area contributed by atoms with Gasteiger partial charge in [-0.2, -0.15) is 0 Å². The van der Waals surface area contributed by atoms with Crippen molar-refractivity contribution in [2.24, 2.45) is 5.92 Å². The van der Waals surface area contributed by atoms with Crippen LogP contribution in [-0.4, -0.2) is 23.4 Å². The molecule has 0 radical (unpaired) electrons. The van der Waals surface area contributed by atoms with Crippen LogP contribution in [0.4, 0.5) is 0 Å². The summed E-state index contributed by atoms with van der Waals surface area (Å²) in [6.45, 7) is 5.19. The highest BCUT2D eigenvalue weighted by Gasteiger charge is 2.33. The third-order valence-electron chi connectivity index (χ3n) is 2.83. The van der Waals surface area contributed by atoms with Gasteiger partial charge >= 0.3 is 0 Å². The molecule has 1 aromatic rings. The SMILES string of the molecule is CC(C)CN(C(=O)c1ccccc1)C1CC1. The summed E-state index contributed by atoms with van der Waals surface area (Å²) in [5.74, 6) is 0.727. The van der Waals surface area contributed by atoms with Crippen LogP contribution < -0.4 is 0 Å². The van der Waals surface area contributed by atoms with Crippen LogP contribution in [0.2, 0.25) is 0 Å². The highest BCUT2D eigenvalue weighted by molar-refractivity contribution is 5.94. The van der Waals surface area contributed by atoms with E-state index in [1.807, 2.05) is 35.2 Å². The second-order valence-electron chi connectivity index (χ2n) is 4.95. The van der Waals surface area contributed by atoms with Crippen molar-refractivity contribution in [3.63, 3.8) is 0 Å². The molecule has 0 heterocycles. The number of nitrogens with zero attached hydrogens (tertiary/aromatic N) is 1. The number of benzene rings is 1. The predicted molar refractivity (Wildman–Crippen MR) is 65.3 cm³/mol. The number of hydrogen-bond donors (Lipinski definition) is 0. The van der Waals surface area contributed by atoms with Crippen LogP contribution in [0.5, 0.6) is 0 Å². The van der Waals surface area contributed by atoms with Crippen molar-refractivity contribution in [3.05, 3.63) is 35.9 Å². The second kappa shape index (κ2) is 4.69. The van der Waals surface area contributed by atoms with Crippen LogP contribution in [0.3, 0.4) is 0 Å². The Morgan fingerprint density at radius 2 is 1.94 bits per heavy atom. The van der Waals surface area contributed by atoms with Crippen molar-refractivity contribution in [1.29, 1.82) is 0 Å². The summed E-state index contributed by atoms with van der Waals surface area (Å²) in [6, 6.07) is 10.1. The van der Waals surface area contributed by atoms with Gasteiger partial charge in [0.05, 0.1) is 0 Å². The van der Waals surface area contributed by atoms with Gasteiger partial charge in [0, 0.05) is 18.2 Å². The van der Waals surface area contributed by atoms with Crippen molar-refractivity contribution < 1.29 is 4.79 Å². The van der Waals surface area contributed by atoms with E-state index < -0.39 is 0 Å². The zero-order valence-corrected chi connectivity index (χ0v) is 10.0. The Kier molecular flexibility index (Phi) is 3.28. The van der Waals surface area contributed by atoms with Crippen molar-refractivity contribution in [2.45, 2.75) is 32.7 Å². The lowest BCUT2D eigenvalue weighted by Gasteiger charge is -2.24. The van der Waals surface area contributed by atoms with E-state index in [0.717, 1.165) is 12.1 Å². The van der Waals surface area contributed by atoms with Gasteiger partial charge in [0.25, 0.3) is 5.91 Å². The van der Waals surface area contributed by atoms with Gasteiger partial charge in [-0.1, -0.05) is 32.0 Å². The molecule has 0 N–H and O–H groups in total. The van der Waals surface area contributed by atoms with Gasteiger partial charge in [-0.05, 0) is 30.9 Å². The Bertz CT molecular complexity index is 354.